The average molecular weight is 547 g/mol. The zero-order chi connectivity index (χ0) is 27.8. The number of amides is 2. The Morgan fingerprint density at radius 3 is 2.08 bits per heavy atom. The molecule has 4 rings (SSSR count). The summed E-state index contributed by atoms with van der Waals surface area (Å²) in [4.78, 5) is 29.9. The molecule has 1 fully saturated rings. The monoisotopic (exact) mass is 546 g/mol. The lowest BCUT2D eigenvalue weighted by atomic mass is 10.1. The number of anilines is 2. The smallest absolute Gasteiger partial charge is 0.257 e. The van der Waals surface area contributed by atoms with E-state index >= 15 is 0 Å². The van der Waals surface area contributed by atoms with Gasteiger partial charge < -0.3 is 24.6 Å². The molecule has 0 atom stereocenters. The highest BCUT2D eigenvalue weighted by Crippen LogP contribution is 2.24. The van der Waals surface area contributed by atoms with E-state index in [1.165, 1.54) is 0 Å². The van der Waals surface area contributed by atoms with E-state index in [0.717, 1.165) is 35.6 Å². The third-order valence-corrected chi connectivity index (χ3v) is 6.63. The highest BCUT2D eigenvalue weighted by Gasteiger charge is 2.23. The van der Waals surface area contributed by atoms with Gasteiger partial charge in [0.1, 0.15) is 11.5 Å². The second kappa shape index (κ2) is 13.1. The zero-order valence-electron chi connectivity index (χ0n) is 22.5. The Labute approximate surface area is 234 Å². The summed E-state index contributed by atoms with van der Waals surface area (Å²) < 4.78 is 11.1. The van der Waals surface area contributed by atoms with E-state index in [9.17, 15) is 9.59 Å². The summed E-state index contributed by atoms with van der Waals surface area (Å²) >= 11 is 5.37. The maximum atomic E-state index is 12.9. The van der Waals surface area contributed by atoms with E-state index in [4.69, 9.17) is 21.7 Å². The summed E-state index contributed by atoms with van der Waals surface area (Å²) in [5.41, 5.74) is 3.98. The Morgan fingerprint density at radius 1 is 0.872 bits per heavy atom. The number of aryl methyl sites for hydroxylation is 1. The molecule has 39 heavy (non-hydrogen) atoms. The van der Waals surface area contributed by atoms with Crippen LogP contribution in [0.25, 0.3) is 0 Å². The average Bonchev–Trinajstić information content (AvgIpc) is 2.94. The molecule has 1 heterocycles. The molecule has 0 unspecified atom stereocenters. The maximum absolute atomic E-state index is 12.9. The zero-order valence-corrected chi connectivity index (χ0v) is 23.3. The topological polar surface area (TPSA) is 83.1 Å². The summed E-state index contributed by atoms with van der Waals surface area (Å²) in [6, 6.07) is 20.6. The minimum Gasteiger partial charge on any atom is -0.494 e. The Bertz CT molecular complexity index is 1300. The van der Waals surface area contributed by atoms with Crippen LogP contribution in [-0.2, 0) is 0 Å². The standard InChI is InChI=1S/C30H34N4O4S/c1-4-37-25-18-22(19-26(20-25)38-5-2)28(35)32-30(39)31-23-10-12-24(13-11-23)33-14-16-34(17-15-33)29(36)27-9-7-6-8-21(27)3/h6-13,18-20H,4-5,14-17H2,1-3H3,(H2,31,32,35,39). The molecule has 0 aromatic heterocycles. The number of nitrogens with one attached hydrogen (secondary N) is 2. The summed E-state index contributed by atoms with van der Waals surface area (Å²) in [7, 11) is 0. The first kappa shape index (κ1) is 27.9. The highest BCUT2D eigenvalue weighted by molar-refractivity contribution is 7.80. The van der Waals surface area contributed by atoms with Crippen molar-refractivity contribution in [2.75, 3.05) is 49.6 Å². The molecule has 8 nitrogen and oxygen atoms in total. The molecule has 3 aromatic carbocycles. The van der Waals surface area contributed by atoms with Crippen molar-refractivity contribution >= 4 is 40.5 Å². The molecular weight excluding hydrogens is 512 g/mol. The van der Waals surface area contributed by atoms with Crippen LogP contribution in [-0.4, -0.2) is 61.2 Å². The summed E-state index contributed by atoms with van der Waals surface area (Å²) in [5, 5.41) is 5.97. The number of carbonyl (C=O) groups is 2. The first-order valence-electron chi connectivity index (χ1n) is 13.1. The van der Waals surface area contributed by atoms with Crippen molar-refractivity contribution in [3.05, 3.63) is 83.4 Å². The van der Waals surface area contributed by atoms with Crippen molar-refractivity contribution in [2.45, 2.75) is 20.8 Å². The fourth-order valence-corrected chi connectivity index (χ4v) is 4.66. The number of hydrogen-bond donors (Lipinski definition) is 2. The molecule has 0 saturated carbocycles. The van der Waals surface area contributed by atoms with Gasteiger partial charge in [-0.05, 0) is 81.0 Å². The van der Waals surface area contributed by atoms with Crippen molar-refractivity contribution in [1.82, 2.24) is 10.2 Å². The fourth-order valence-electron chi connectivity index (χ4n) is 4.45. The fraction of sp³-hybridized carbons (Fsp3) is 0.300. The molecule has 3 aromatic rings. The van der Waals surface area contributed by atoms with Gasteiger partial charge in [0.05, 0.1) is 13.2 Å². The molecule has 0 aliphatic carbocycles. The van der Waals surface area contributed by atoms with Crippen LogP contribution >= 0.6 is 12.2 Å². The Balaban J connectivity index is 1.30. The number of hydrogen-bond acceptors (Lipinski definition) is 6. The van der Waals surface area contributed by atoms with Gasteiger partial charge in [-0.15, -0.1) is 0 Å². The van der Waals surface area contributed by atoms with Crippen molar-refractivity contribution in [2.24, 2.45) is 0 Å². The third kappa shape index (κ3) is 7.26. The van der Waals surface area contributed by atoms with Gasteiger partial charge >= 0.3 is 0 Å². The number of thiocarbonyl (C=S) groups is 1. The molecule has 1 aliphatic rings. The lowest BCUT2D eigenvalue weighted by molar-refractivity contribution is 0.0746. The molecule has 0 spiro atoms. The maximum Gasteiger partial charge on any atom is 0.257 e. The Morgan fingerprint density at radius 2 is 1.49 bits per heavy atom. The van der Waals surface area contributed by atoms with Crippen molar-refractivity contribution in [3.8, 4) is 11.5 Å². The van der Waals surface area contributed by atoms with Crippen molar-refractivity contribution in [3.63, 3.8) is 0 Å². The van der Waals surface area contributed by atoms with Crippen LogP contribution in [0.4, 0.5) is 11.4 Å². The van der Waals surface area contributed by atoms with Gasteiger partial charge in [-0.25, -0.2) is 0 Å². The van der Waals surface area contributed by atoms with Crippen LogP contribution < -0.4 is 25.0 Å². The number of benzene rings is 3. The van der Waals surface area contributed by atoms with Gasteiger partial charge in [0, 0.05) is 54.7 Å². The van der Waals surface area contributed by atoms with Gasteiger partial charge in [0.2, 0.25) is 0 Å². The van der Waals surface area contributed by atoms with Gasteiger partial charge in [-0.3, -0.25) is 14.9 Å². The largest absolute Gasteiger partial charge is 0.494 e. The summed E-state index contributed by atoms with van der Waals surface area (Å²) in [5.74, 6) is 0.846. The molecule has 2 amide bonds. The molecule has 204 valence electrons. The number of nitrogens with zero attached hydrogens (tertiary/aromatic N) is 2. The lowest BCUT2D eigenvalue weighted by Crippen LogP contribution is -2.48. The summed E-state index contributed by atoms with van der Waals surface area (Å²) in [6.45, 7) is 9.52. The van der Waals surface area contributed by atoms with Gasteiger partial charge in [0.25, 0.3) is 11.8 Å². The minimum absolute atomic E-state index is 0.0848. The molecule has 0 radical (unpaired) electrons. The second-order valence-corrected chi connectivity index (χ2v) is 9.52. The Hall–Kier alpha value is -4.11. The van der Waals surface area contributed by atoms with E-state index in [2.05, 4.69) is 15.5 Å². The van der Waals surface area contributed by atoms with E-state index < -0.39 is 0 Å². The number of carbonyl (C=O) groups excluding carboxylic acids is 2. The predicted octanol–water partition coefficient (Wildman–Crippen LogP) is 4.88. The SMILES string of the molecule is CCOc1cc(OCC)cc(C(=O)NC(=S)Nc2ccc(N3CCN(C(=O)c4ccccc4C)CC3)cc2)c1. The number of rotatable bonds is 8. The molecule has 1 aliphatic heterocycles. The van der Waals surface area contributed by atoms with E-state index in [1.54, 1.807) is 18.2 Å². The molecule has 1 saturated heterocycles. The van der Waals surface area contributed by atoms with Crippen molar-refractivity contribution in [1.29, 1.82) is 0 Å². The van der Waals surface area contributed by atoms with E-state index in [0.29, 0.717) is 43.4 Å². The predicted molar refractivity (Wildman–Crippen MR) is 158 cm³/mol. The van der Waals surface area contributed by atoms with Crippen LogP contribution in [0.1, 0.15) is 40.1 Å². The van der Waals surface area contributed by atoms with Crippen LogP contribution in [0.5, 0.6) is 11.5 Å². The number of piperazine rings is 1. The van der Waals surface area contributed by atoms with E-state index in [1.807, 2.05) is 74.2 Å². The lowest BCUT2D eigenvalue weighted by Gasteiger charge is -2.36. The third-order valence-electron chi connectivity index (χ3n) is 6.42. The van der Waals surface area contributed by atoms with Crippen LogP contribution in [0, 0.1) is 6.92 Å². The second-order valence-electron chi connectivity index (χ2n) is 9.11. The van der Waals surface area contributed by atoms with Crippen molar-refractivity contribution < 1.29 is 19.1 Å². The first-order valence-corrected chi connectivity index (χ1v) is 13.5. The van der Waals surface area contributed by atoms with Gasteiger partial charge in [0.15, 0.2) is 5.11 Å². The van der Waals surface area contributed by atoms with Crippen LogP contribution in [0.3, 0.4) is 0 Å². The van der Waals surface area contributed by atoms with Crippen LogP contribution in [0.2, 0.25) is 0 Å². The normalized spacial score (nSPS) is 13.0. The quantitative estimate of drug-likeness (QED) is 0.390. The highest BCUT2D eigenvalue weighted by atomic mass is 32.1. The van der Waals surface area contributed by atoms with Gasteiger partial charge in [-0.2, -0.15) is 0 Å². The minimum atomic E-state index is -0.357. The first-order chi connectivity index (χ1) is 18.9. The molecule has 0 bridgehead atoms. The number of ether oxygens (including phenoxy) is 2. The Kier molecular flexibility index (Phi) is 9.38. The molecule has 9 heteroatoms. The van der Waals surface area contributed by atoms with Gasteiger partial charge in [-0.1, -0.05) is 18.2 Å². The molecular formula is C30H34N4O4S. The summed E-state index contributed by atoms with van der Waals surface area (Å²) in [6.07, 6.45) is 0. The van der Waals surface area contributed by atoms with E-state index in [-0.39, 0.29) is 16.9 Å². The van der Waals surface area contributed by atoms with Crippen LogP contribution in [0.15, 0.2) is 66.7 Å². The molecule has 2 N–H and O–H groups in total.